The van der Waals surface area contributed by atoms with Gasteiger partial charge in [0.05, 0.1) is 0 Å². The molecule has 0 radical (unpaired) electrons. The summed E-state index contributed by atoms with van der Waals surface area (Å²) in [6, 6.07) is 52.7. The zero-order valence-electron chi connectivity index (χ0n) is 23.5. The predicted molar refractivity (Wildman–Crippen MR) is 174 cm³/mol. The van der Waals surface area contributed by atoms with Gasteiger partial charge in [-0.1, -0.05) is 83.9 Å². The van der Waals surface area contributed by atoms with Crippen LogP contribution in [-0.2, 0) is 6.42 Å². The molecule has 6 aromatic carbocycles. The molecule has 0 aliphatic heterocycles. The van der Waals surface area contributed by atoms with Crippen LogP contribution in [0.4, 0.5) is 34.1 Å². The van der Waals surface area contributed by atoms with E-state index in [1.165, 1.54) is 44.8 Å². The molecule has 0 saturated heterocycles. The Bertz CT molecular complexity index is 1670. The van der Waals surface area contributed by atoms with Crippen LogP contribution >= 0.6 is 0 Å². The Morgan fingerprint density at radius 2 is 0.707 bits per heavy atom. The topological polar surface area (TPSA) is 6.48 Å². The van der Waals surface area contributed by atoms with E-state index < -0.39 is 0 Å². The van der Waals surface area contributed by atoms with Gasteiger partial charge in [0.2, 0.25) is 0 Å². The van der Waals surface area contributed by atoms with Crippen molar-refractivity contribution >= 4 is 34.1 Å². The molecule has 0 heterocycles. The third-order valence-corrected chi connectivity index (χ3v) is 7.98. The molecule has 0 unspecified atom stereocenters. The highest BCUT2D eigenvalue weighted by molar-refractivity contribution is 5.86. The number of anilines is 6. The smallest absolute Gasteiger partial charge is 0.0464 e. The Morgan fingerprint density at radius 1 is 0.366 bits per heavy atom. The van der Waals surface area contributed by atoms with E-state index in [4.69, 9.17) is 0 Å². The number of fused-ring (bicyclic) bond motifs is 3. The van der Waals surface area contributed by atoms with E-state index in [1.807, 2.05) is 0 Å². The Balaban J connectivity index is 1.27. The minimum absolute atomic E-state index is 0.916. The highest BCUT2D eigenvalue weighted by Gasteiger charge is 2.23. The summed E-state index contributed by atoms with van der Waals surface area (Å²) in [6.07, 6.45) is 0.916. The zero-order chi connectivity index (χ0) is 27.8. The fraction of sp³-hybridized carbons (Fsp3) is 0.0769. The fourth-order valence-electron chi connectivity index (χ4n) is 5.90. The van der Waals surface area contributed by atoms with Gasteiger partial charge in [-0.3, -0.25) is 0 Å². The summed E-state index contributed by atoms with van der Waals surface area (Å²) in [5.41, 5.74) is 14.9. The first-order valence-corrected chi connectivity index (χ1v) is 14.2. The maximum atomic E-state index is 2.37. The van der Waals surface area contributed by atoms with Gasteiger partial charge >= 0.3 is 0 Å². The Labute approximate surface area is 242 Å². The van der Waals surface area contributed by atoms with Gasteiger partial charge in [0.25, 0.3) is 0 Å². The molecule has 2 heteroatoms. The van der Waals surface area contributed by atoms with Crippen molar-refractivity contribution in [3.8, 4) is 11.1 Å². The minimum atomic E-state index is 0.916. The second kappa shape index (κ2) is 10.5. The van der Waals surface area contributed by atoms with Crippen LogP contribution in [0.25, 0.3) is 11.1 Å². The first kappa shape index (κ1) is 24.9. The number of para-hydroxylation sites is 2. The minimum Gasteiger partial charge on any atom is -0.310 e. The van der Waals surface area contributed by atoms with Gasteiger partial charge in [-0.15, -0.1) is 0 Å². The summed E-state index contributed by atoms with van der Waals surface area (Å²) in [5.74, 6) is 0. The highest BCUT2D eigenvalue weighted by atomic mass is 15.1. The van der Waals surface area contributed by atoms with Crippen molar-refractivity contribution in [2.24, 2.45) is 0 Å². The zero-order valence-corrected chi connectivity index (χ0v) is 23.5. The molecule has 0 spiro atoms. The SMILES string of the molecule is Cc1ccc(N(c2ccccc2)c2ccc3c(c2)Cc2cc(N(c4ccccc4)c4ccc(C)cc4)ccc2-3)cc1. The van der Waals surface area contributed by atoms with Crippen molar-refractivity contribution in [1.82, 2.24) is 0 Å². The molecule has 1 aliphatic carbocycles. The van der Waals surface area contributed by atoms with E-state index in [0.717, 1.165) is 29.2 Å². The molecule has 41 heavy (non-hydrogen) atoms. The normalized spacial score (nSPS) is 11.6. The maximum Gasteiger partial charge on any atom is 0.0464 e. The Hall–Kier alpha value is -5.08. The molecule has 0 atom stereocenters. The van der Waals surface area contributed by atoms with E-state index in [0.29, 0.717) is 0 Å². The van der Waals surface area contributed by atoms with Crippen LogP contribution in [0.1, 0.15) is 22.3 Å². The van der Waals surface area contributed by atoms with E-state index in [-0.39, 0.29) is 0 Å². The molecule has 0 amide bonds. The lowest BCUT2D eigenvalue weighted by Crippen LogP contribution is -2.10. The van der Waals surface area contributed by atoms with E-state index in [1.54, 1.807) is 0 Å². The van der Waals surface area contributed by atoms with Crippen molar-refractivity contribution in [3.63, 3.8) is 0 Å². The molecular weight excluding hydrogens is 496 g/mol. The monoisotopic (exact) mass is 528 g/mol. The average Bonchev–Trinajstić information content (AvgIpc) is 3.38. The first-order valence-electron chi connectivity index (χ1n) is 14.2. The quantitative estimate of drug-likeness (QED) is 0.212. The fourth-order valence-corrected chi connectivity index (χ4v) is 5.90. The van der Waals surface area contributed by atoms with Gasteiger partial charge < -0.3 is 9.80 Å². The molecule has 0 bridgehead atoms. The molecule has 198 valence electrons. The van der Waals surface area contributed by atoms with Gasteiger partial charge in [0.1, 0.15) is 0 Å². The standard InChI is InChI=1S/C39H32N2/c1-28-13-17-34(18-14-28)40(32-9-5-3-6-10-32)36-21-23-38-30(26-36)25-31-27-37(22-24-39(31)38)41(33-11-7-4-8-12-33)35-19-15-29(2)16-20-35/h3-24,26-27H,25H2,1-2H3. The van der Waals surface area contributed by atoms with Crippen LogP contribution in [0.2, 0.25) is 0 Å². The van der Waals surface area contributed by atoms with Crippen molar-refractivity contribution in [3.05, 3.63) is 168 Å². The van der Waals surface area contributed by atoms with Gasteiger partial charge in [-0.05, 0) is 115 Å². The van der Waals surface area contributed by atoms with E-state index in [9.17, 15) is 0 Å². The van der Waals surface area contributed by atoms with Gasteiger partial charge in [-0.25, -0.2) is 0 Å². The lowest BCUT2D eigenvalue weighted by atomic mass is 10.0. The van der Waals surface area contributed by atoms with Crippen molar-refractivity contribution < 1.29 is 0 Å². The molecule has 0 fully saturated rings. The Morgan fingerprint density at radius 3 is 1.10 bits per heavy atom. The summed E-state index contributed by atoms with van der Waals surface area (Å²) < 4.78 is 0. The molecule has 6 aromatic rings. The maximum absolute atomic E-state index is 2.37. The summed E-state index contributed by atoms with van der Waals surface area (Å²) in [5, 5.41) is 0. The Kier molecular flexibility index (Phi) is 6.37. The summed E-state index contributed by atoms with van der Waals surface area (Å²) >= 11 is 0. The number of hydrogen-bond acceptors (Lipinski definition) is 2. The predicted octanol–water partition coefficient (Wildman–Crippen LogP) is 10.8. The number of benzene rings is 6. The molecule has 1 aliphatic rings. The van der Waals surface area contributed by atoms with Crippen LogP contribution in [0.15, 0.2) is 146 Å². The number of aryl methyl sites for hydroxylation is 2. The average molecular weight is 529 g/mol. The number of nitrogens with zero attached hydrogens (tertiary/aromatic N) is 2. The third-order valence-electron chi connectivity index (χ3n) is 7.98. The highest BCUT2D eigenvalue weighted by Crippen LogP contribution is 2.44. The summed E-state index contributed by atoms with van der Waals surface area (Å²) in [7, 11) is 0. The number of rotatable bonds is 6. The van der Waals surface area contributed by atoms with Crippen molar-refractivity contribution in [2.45, 2.75) is 20.3 Å². The molecule has 0 aromatic heterocycles. The molecule has 0 N–H and O–H groups in total. The van der Waals surface area contributed by atoms with Crippen LogP contribution < -0.4 is 9.80 Å². The number of hydrogen-bond donors (Lipinski definition) is 0. The van der Waals surface area contributed by atoms with Crippen LogP contribution in [0.5, 0.6) is 0 Å². The van der Waals surface area contributed by atoms with Crippen LogP contribution in [0, 0.1) is 13.8 Å². The van der Waals surface area contributed by atoms with Gasteiger partial charge in [-0.2, -0.15) is 0 Å². The van der Waals surface area contributed by atoms with Gasteiger partial charge in [0.15, 0.2) is 0 Å². The molecule has 2 nitrogen and oxygen atoms in total. The second-order valence-electron chi connectivity index (χ2n) is 10.9. The van der Waals surface area contributed by atoms with Gasteiger partial charge in [0, 0.05) is 34.1 Å². The van der Waals surface area contributed by atoms with E-state index >= 15 is 0 Å². The van der Waals surface area contributed by atoms with Crippen molar-refractivity contribution in [2.75, 3.05) is 9.80 Å². The molecule has 0 saturated carbocycles. The van der Waals surface area contributed by atoms with E-state index in [2.05, 4.69) is 169 Å². The third kappa shape index (κ3) is 4.79. The first-order chi connectivity index (χ1) is 20.1. The largest absolute Gasteiger partial charge is 0.310 e. The lowest BCUT2D eigenvalue weighted by Gasteiger charge is -2.26. The summed E-state index contributed by atoms with van der Waals surface area (Å²) in [6.45, 7) is 4.27. The second-order valence-corrected chi connectivity index (χ2v) is 10.9. The molecule has 7 rings (SSSR count). The lowest BCUT2D eigenvalue weighted by molar-refractivity contribution is 1.22. The van der Waals surface area contributed by atoms with Crippen molar-refractivity contribution in [1.29, 1.82) is 0 Å². The summed E-state index contributed by atoms with van der Waals surface area (Å²) in [4.78, 5) is 4.70. The van der Waals surface area contributed by atoms with Crippen LogP contribution in [0.3, 0.4) is 0 Å². The molecular formula is C39H32N2. The van der Waals surface area contributed by atoms with Crippen LogP contribution in [-0.4, -0.2) is 0 Å².